The van der Waals surface area contributed by atoms with E-state index in [2.05, 4.69) is 26.3 Å². The molecule has 1 heterocycles. The van der Waals surface area contributed by atoms with Gasteiger partial charge in [-0.05, 0) is 66.5 Å². The van der Waals surface area contributed by atoms with Crippen molar-refractivity contribution >= 4 is 35.7 Å². The number of nitrogens with zero attached hydrogens (tertiary/aromatic N) is 1. The van der Waals surface area contributed by atoms with Gasteiger partial charge in [-0.3, -0.25) is 14.4 Å². The van der Waals surface area contributed by atoms with Crippen LogP contribution in [0.1, 0.15) is 62.1 Å². The fraction of sp³-hybridized carbons (Fsp3) is 0.317. The minimum Gasteiger partial charge on any atom is -0.481 e. The Labute approximate surface area is 328 Å². The molecule has 0 fully saturated rings. The Morgan fingerprint density at radius 1 is 0.719 bits per heavy atom. The van der Waals surface area contributed by atoms with Gasteiger partial charge in [-0.15, -0.1) is 0 Å². The summed E-state index contributed by atoms with van der Waals surface area (Å²) >= 11 is 0. The van der Waals surface area contributed by atoms with Crippen LogP contribution in [0.5, 0.6) is 0 Å². The Bertz CT molecular complexity index is 1830. The molecule has 0 bridgehead atoms. The van der Waals surface area contributed by atoms with Gasteiger partial charge in [0, 0.05) is 25.7 Å². The van der Waals surface area contributed by atoms with Crippen molar-refractivity contribution in [2.24, 2.45) is 0 Å². The molecule has 0 spiro atoms. The molecule has 2 atom stereocenters. The Morgan fingerprint density at radius 2 is 1.33 bits per heavy atom. The van der Waals surface area contributed by atoms with Crippen LogP contribution >= 0.6 is 0 Å². The maximum absolute atomic E-state index is 13.6. The topological polar surface area (TPSA) is 196 Å². The van der Waals surface area contributed by atoms with Gasteiger partial charge in [-0.2, -0.15) is 13.2 Å². The molecule has 304 valence electrons. The van der Waals surface area contributed by atoms with Crippen LogP contribution < -0.4 is 21.3 Å². The number of aliphatic carboxylic acids is 2. The first-order valence-electron chi connectivity index (χ1n) is 18.2. The summed E-state index contributed by atoms with van der Waals surface area (Å²) in [5.74, 6) is -3.80. The minimum absolute atomic E-state index is 0.159. The van der Waals surface area contributed by atoms with Crippen LogP contribution in [0.15, 0.2) is 109 Å². The highest BCUT2D eigenvalue weighted by molar-refractivity contribution is 5.88. The molecule has 0 aliphatic carbocycles. The summed E-state index contributed by atoms with van der Waals surface area (Å²) in [6.07, 6.45) is -1.33. The van der Waals surface area contributed by atoms with Gasteiger partial charge in [0.05, 0.1) is 12.5 Å². The molecule has 3 amide bonds. The van der Waals surface area contributed by atoms with Crippen molar-refractivity contribution in [2.75, 3.05) is 18.4 Å². The lowest BCUT2D eigenvalue weighted by Gasteiger charge is -2.23. The molecular weight excluding hydrogens is 747 g/mol. The molecule has 0 saturated carbocycles. The molecule has 0 saturated heterocycles. The predicted octanol–water partition coefficient (Wildman–Crippen LogP) is 6.88. The van der Waals surface area contributed by atoms with Crippen LogP contribution in [0, 0.1) is 0 Å². The largest absolute Gasteiger partial charge is 0.490 e. The second-order valence-corrected chi connectivity index (χ2v) is 12.7. The average molecular weight is 794 g/mol. The number of anilines is 1. The van der Waals surface area contributed by atoms with Crippen LogP contribution in [-0.2, 0) is 30.5 Å². The van der Waals surface area contributed by atoms with Crippen molar-refractivity contribution in [1.29, 1.82) is 0 Å². The molecule has 16 heteroatoms. The number of carbonyl (C=O) groups is 5. The average Bonchev–Trinajstić information content (AvgIpc) is 3.20. The summed E-state index contributed by atoms with van der Waals surface area (Å²) in [6, 6.07) is 30.5. The maximum Gasteiger partial charge on any atom is 0.490 e. The number of hydrogen-bond acceptors (Lipinski definition) is 8. The van der Waals surface area contributed by atoms with Crippen molar-refractivity contribution < 1.29 is 52.1 Å². The number of carboxylic acid groups (broad SMARTS) is 2. The number of halogens is 3. The molecule has 1 aromatic heterocycles. The third-order valence-electron chi connectivity index (χ3n) is 8.21. The third-order valence-corrected chi connectivity index (χ3v) is 8.21. The van der Waals surface area contributed by atoms with Crippen LogP contribution in [0.4, 0.5) is 23.8 Å². The SMILES string of the molecule is O=C(O)C(F)(F)F.O=C(O)CC(NC(=O)[C@H](CCCCNC(=O)OCc1ccccc1)NC(=O)CCCCNc1ccccn1)c1ccc(-c2ccccc2)cc1. The zero-order valence-corrected chi connectivity index (χ0v) is 31.0. The predicted molar refractivity (Wildman–Crippen MR) is 206 cm³/mol. The van der Waals surface area contributed by atoms with Crippen LogP contribution in [0.25, 0.3) is 11.1 Å². The number of alkyl halides is 3. The van der Waals surface area contributed by atoms with Gasteiger partial charge < -0.3 is 36.2 Å². The molecule has 4 aromatic rings. The summed E-state index contributed by atoms with van der Waals surface area (Å²) in [7, 11) is 0. The Morgan fingerprint density at radius 3 is 1.95 bits per heavy atom. The number of ether oxygens (including phenoxy) is 1. The molecule has 57 heavy (non-hydrogen) atoms. The lowest BCUT2D eigenvalue weighted by atomic mass is 9.98. The van der Waals surface area contributed by atoms with Gasteiger partial charge in [0.2, 0.25) is 11.8 Å². The first-order valence-corrected chi connectivity index (χ1v) is 18.2. The zero-order chi connectivity index (χ0) is 41.5. The van der Waals surface area contributed by atoms with Crippen molar-refractivity contribution in [2.45, 2.75) is 69.8 Å². The van der Waals surface area contributed by atoms with E-state index < -0.39 is 42.2 Å². The van der Waals surface area contributed by atoms with E-state index in [0.29, 0.717) is 44.3 Å². The van der Waals surface area contributed by atoms with E-state index in [0.717, 1.165) is 28.9 Å². The van der Waals surface area contributed by atoms with Gasteiger partial charge in [0.1, 0.15) is 18.5 Å². The fourth-order valence-corrected chi connectivity index (χ4v) is 5.31. The van der Waals surface area contributed by atoms with E-state index in [1.807, 2.05) is 103 Å². The molecule has 1 unspecified atom stereocenters. The number of rotatable bonds is 20. The highest BCUT2D eigenvalue weighted by Gasteiger charge is 2.38. The Balaban J connectivity index is 0.00000113. The lowest BCUT2D eigenvalue weighted by molar-refractivity contribution is -0.192. The summed E-state index contributed by atoms with van der Waals surface area (Å²) in [5.41, 5.74) is 3.51. The standard InChI is InChI=1S/C39H45N5O6.C2HF3O2/c45-36(19-9-12-25-41-35-18-8-11-24-40-35)43-33(17-7-10-26-42-39(49)50-28-29-13-3-1-4-14-29)38(48)44-34(27-37(46)47)32-22-20-31(21-23-32)30-15-5-2-6-16-30;3-2(4,5)1(6)7/h1-6,8,11,13-16,18,20-24,33-34H,7,9-10,12,17,19,25-28H2,(H,40,41)(H,42,49)(H,43,45)(H,44,48)(H,46,47);(H,6,7)/t33-,34?;/m0./s1. The normalized spacial score (nSPS) is 11.8. The van der Waals surface area contributed by atoms with Crippen molar-refractivity contribution in [1.82, 2.24) is 20.9 Å². The van der Waals surface area contributed by atoms with E-state index in [9.17, 15) is 37.5 Å². The molecule has 6 N–H and O–H groups in total. The Hall–Kier alpha value is -6.45. The third kappa shape index (κ3) is 18.2. The number of alkyl carbamates (subject to hydrolysis) is 1. The molecular formula is C41H46F3N5O8. The molecule has 3 aromatic carbocycles. The van der Waals surface area contributed by atoms with Gasteiger partial charge >= 0.3 is 24.2 Å². The number of carboxylic acids is 2. The number of nitrogens with one attached hydrogen (secondary N) is 4. The van der Waals surface area contributed by atoms with E-state index in [4.69, 9.17) is 14.6 Å². The zero-order valence-electron chi connectivity index (χ0n) is 31.0. The number of amides is 3. The second-order valence-electron chi connectivity index (χ2n) is 12.7. The number of benzene rings is 3. The fourth-order valence-electron chi connectivity index (χ4n) is 5.31. The summed E-state index contributed by atoms with van der Waals surface area (Å²) in [6.45, 7) is 1.14. The number of aromatic nitrogens is 1. The highest BCUT2D eigenvalue weighted by Crippen LogP contribution is 2.24. The van der Waals surface area contributed by atoms with Crippen molar-refractivity contribution in [3.63, 3.8) is 0 Å². The first-order chi connectivity index (χ1) is 27.3. The van der Waals surface area contributed by atoms with E-state index >= 15 is 0 Å². The number of unbranched alkanes of at least 4 members (excludes halogenated alkanes) is 2. The van der Waals surface area contributed by atoms with Crippen molar-refractivity contribution in [3.8, 4) is 11.1 Å². The van der Waals surface area contributed by atoms with E-state index in [1.54, 1.807) is 6.20 Å². The number of carbonyl (C=O) groups excluding carboxylic acids is 3. The van der Waals surface area contributed by atoms with Crippen LogP contribution in [0.3, 0.4) is 0 Å². The molecule has 0 aliphatic heterocycles. The second kappa shape index (κ2) is 24.1. The van der Waals surface area contributed by atoms with Gasteiger partial charge in [0.15, 0.2) is 0 Å². The summed E-state index contributed by atoms with van der Waals surface area (Å²) < 4.78 is 37.0. The maximum atomic E-state index is 13.6. The monoisotopic (exact) mass is 793 g/mol. The number of hydrogen-bond donors (Lipinski definition) is 6. The van der Waals surface area contributed by atoms with E-state index in [1.165, 1.54) is 0 Å². The van der Waals surface area contributed by atoms with Crippen molar-refractivity contribution in [3.05, 3.63) is 120 Å². The highest BCUT2D eigenvalue weighted by atomic mass is 19.4. The van der Waals surface area contributed by atoms with Gasteiger partial charge in [-0.25, -0.2) is 14.6 Å². The minimum atomic E-state index is -5.08. The molecule has 4 rings (SSSR count). The van der Waals surface area contributed by atoms with E-state index in [-0.39, 0.29) is 25.4 Å². The van der Waals surface area contributed by atoms with Crippen LogP contribution in [-0.4, -0.2) is 70.4 Å². The first kappa shape index (κ1) is 44.9. The Kier molecular flexibility index (Phi) is 19.0. The lowest BCUT2D eigenvalue weighted by Crippen LogP contribution is -2.48. The summed E-state index contributed by atoms with van der Waals surface area (Å²) in [5, 5.41) is 28.5. The van der Waals surface area contributed by atoms with Gasteiger partial charge in [0.25, 0.3) is 0 Å². The molecule has 0 radical (unpaired) electrons. The smallest absolute Gasteiger partial charge is 0.481 e. The molecule has 13 nitrogen and oxygen atoms in total. The number of pyridine rings is 1. The molecule has 0 aliphatic rings. The van der Waals surface area contributed by atoms with Gasteiger partial charge in [-0.1, -0.05) is 91.0 Å². The summed E-state index contributed by atoms with van der Waals surface area (Å²) in [4.78, 5) is 63.7. The quantitative estimate of drug-likeness (QED) is 0.0514. The van der Waals surface area contributed by atoms with Crippen LogP contribution in [0.2, 0.25) is 0 Å².